The zero-order valence-electron chi connectivity index (χ0n) is 12.6. The van der Waals surface area contributed by atoms with Crippen LogP contribution < -0.4 is 4.74 Å². The summed E-state index contributed by atoms with van der Waals surface area (Å²) in [7, 11) is 3.67. The Labute approximate surface area is 128 Å². The highest BCUT2D eigenvalue weighted by atomic mass is 19.1. The standard InChI is InChI=1S/C15H19FN2O4/c1-17(2)6-7-18(9-13(19)20)15(21)12-8-10-4-3-5-11(16)14(10)22-12/h3-5,12H,6-9H2,1-2H3,(H,19,20)/t12-/m1/s1. The van der Waals surface area contributed by atoms with E-state index in [0.29, 0.717) is 12.1 Å². The van der Waals surface area contributed by atoms with Crippen molar-refractivity contribution in [1.29, 1.82) is 0 Å². The number of aliphatic carboxylic acids is 1. The van der Waals surface area contributed by atoms with E-state index in [1.54, 1.807) is 12.1 Å². The molecule has 22 heavy (non-hydrogen) atoms. The van der Waals surface area contributed by atoms with Gasteiger partial charge in [-0.3, -0.25) is 9.59 Å². The van der Waals surface area contributed by atoms with Gasteiger partial charge in [-0.1, -0.05) is 12.1 Å². The highest BCUT2D eigenvalue weighted by molar-refractivity contribution is 5.86. The Balaban J connectivity index is 2.08. The number of ether oxygens (including phenoxy) is 1. The predicted octanol–water partition coefficient (Wildman–Crippen LogP) is 0.604. The average molecular weight is 310 g/mol. The van der Waals surface area contributed by atoms with Crippen LogP contribution in [0.2, 0.25) is 0 Å². The number of nitrogens with zero attached hydrogens (tertiary/aromatic N) is 2. The van der Waals surface area contributed by atoms with Crippen molar-refractivity contribution in [3.63, 3.8) is 0 Å². The average Bonchev–Trinajstić information content (AvgIpc) is 2.87. The van der Waals surface area contributed by atoms with E-state index in [4.69, 9.17) is 9.84 Å². The summed E-state index contributed by atoms with van der Waals surface area (Å²) in [6, 6.07) is 4.53. The summed E-state index contributed by atoms with van der Waals surface area (Å²) in [5.41, 5.74) is 0.626. The number of halogens is 1. The SMILES string of the molecule is CN(C)CCN(CC(=O)O)C(=O)[C@H]1Cc2cccc(F)c2O1. The van der Waals surface area contributed by atoms with Crippen molar-refractivity contribution in [3.05, 3.63) is 29.6 Å². The number of hydrogen-bond acceptors (Lipinski definition) is 4. The fourth-order valence-electron chi connectivity index (χ4n) is 2.32. The van der Waals surface area contributed by atoms with E-state index >= 15 is 0 Å². The number of amides is 1. The van der Waals surface area contributed by atoms with Crippen molar-refractivity contribution >= 4 is 11.9 Å². The molecule has 1 aliphatic heterocycles. The first-order chi connectivity index (χ1) is 10.4. The molecule has 0 bridgehead atoms. The minimum absolute atomic E-state index is 0.0868. The van der Waals surface area contributed by atoms with Gasteiger partial charge in [-0.2, -0.15) is 0 Å². The van der Waals surface area contributed by atoms with Crippen molar-refractivity contribution in [1.82, 2.24) is 9.80 Å². The van der Waals surface area contributed by atoms with Crippen LogP contribution in [-0.2, 0) is 16.0 Å². The zero-order valence-corrected chi connectivity index (χ0v) is 12.6. The van der Waals surface area contributed by atoms with Crippen molar-refractivity contribution in [2.75, 3.05) is 33.7 Å². The molecule has 7 heteroatoms. The van der Waals surface area contributed by atoms with E-state index < -0.39 is 30.3 Å². The Morgan fingerprint density at radius 3 is 2.68 bits per heavy atom. The van der Waals surface area contributed by atoms with E-state index in [9.17, 15) is 14.0 Å². The molecule has 1 aromatic carbocycles. The number of carbonyl (C=O) groups is 2. The molecule has 6 nitrogen and oxygen atoms in total. The highest BCUT2D eigenvalue weighted by Gasteiger charge is 2.34. The molecule has 0 saturated heterocycles. The molecular weight excluding hydrogens is 291 g/mol. The molecule has 1 N–H and O–H groups in total. The Hall–Kier alpha value is -2.15. The van der Waals surface area contributed by atoms with Crippen LogP contribution in [0.25, 0.3) is 0 Å². The second-order valence-corrected chi connectivity index (χ2v) is 5.50. The van der Waals surface area contributed by atoms with Crippen LogP contribution in [0.15, 0.2) is 18.2 Å². The lowest BCUT2D eigenvalue weighted by atomic mass is 10.1. The molecule has 0 radical (unpaired) electrons. The van der Waals surface area contributed by atoms with Gasteiger partial charge in [-0.05, 0) is 20.2 Å². The second-order valence-electron chi connectivity index (χ2n) is 5.50. The molecule has 0 saturated carbocycles. The van der Waals surface area contributed by atoms with Gasteiger partial charge < -0.3 is 19.6 Å². The van der Waals surface area contributed by atoms with E-state index in [0.717, 1.165) is 0 Å². The minimum Gasteiger partial charge on any atom is -0.480 e. The van der Waals surface area contributed by atoms with Crippen molar-refractivity contribution in [3.8, 4) is 5.75 Å². The maximum atomic E-state index is 13.6. The van der Waals surface area contributed by atoms with Crippen molar-refractivity contribution < 1.29 is 23.8 Å². The smallest absolute Gasteiger partial charge is 0.323 e. The number of carboxylic acids is 1. The zero-order chi connectivity index (χ0) is 16.3. The van der Waals surface area contributed by atoms with E-state index in [1.807, 2.05) is 19.0 Å². The highest BCUT2D eigenvalue weighted by Crippen LogP contribution is 2.31. The Bertz CT molecular complexity index is 577. The van der Waals surface area contributed by atoms with Gasteiger partial charge in [0.15, 0.2) is 17.7 Å². The summed E-state index contributed by atoms with van der Waals surface area (Å²) >= 11 is 0. The molecule has 0 unspecified atom stereocenters. The van der Waals surface area contributed by atoms with Crippen LogP contribution in [0.4, 0.5) is 4.39 Å². The second kappa shape index (κ2) is 6.74. The van der Waals surface area contributed by atoms with Crippen LogP contribution in [0.3, 0.4) is 0 Å². The number of para-hydroxylation sites is 1. The topological polar surface area (TPSA) is 70.1 Å². The maximum absolute atomic E-state index is 13.6. The largest absolute Gasteiger partial charge is 0.480 e. The van der Waals surface area contributed by atoms with Crippen LogP contribution in [-0.4, -0.2) is 66.6 Å². The normalized spacial score (nSPS) is 16.3. The van der Waals surface area contributed by atoms with Gasteiger partial charge in [0.25, 0.3) is 5.91 Å². The Morgan fingerprint density at radius 1 is 1.36 bits per heavy atom. The lowest BCUT2D eigenvalue weighted by molar-refractivity contribution is -0.147. The molecule has 120 valence electrons. The molecule has 1 atom stereocenters. The van der Waals surface area contributed by atoms with Gasteiger partial charge >= 0.3 is 5.97 Å². The lowest BCUT2D eigenvalue weighted by Crippen LogP contribution is -2.46. The number of carboxylic acid groups (broad SMARTS) is 1. The third-order valence-corrected chi connectivity index (χ3v) is 3.44. The first kappa shape index (κ1) is 16.2. The van der Waals surface area contributed by atoms with E-state index in [1.165, 1.54) is 11.0 Å². The first-order valence-electron chi connectivity index (χ1n) is 6.98. The van der Waals surface area contributed by atoms with Crippen LogP contribution in [0.5, 0.6) is 5.75 Å². The Kier molecular flexibility index (Phi) is 4.97. The quantitative estimate of drug-likeness (QED) is 0.833. The molecule has 0 aromatic heterocycles. The lowest BCUT2D eigenvalue weighted by Gasteiger charge is -2.25. The summed E-state index contributed by atoms with van der Waals surface area (Å²) < 4.78 is 19.0. The molecule has 2 rings (SSSR count). The number of carbonyl (C=O) groups excluding carboxylic acids is 1. The van der Waals surface area contributed by atoms with Gasteiger partial charge in [0.1, 0.15) is 6.54 Å². The van der Waals surface area contributed by atoms with Gasteiger partial charge in [0.05, 0.1) is 0 Å². The molecule has 0 aliphatic carbocycles. The molecule has 1 amide bonds. The van der Waals surface area contributed by atoms with Crippen molar-refractivity contribution in [2.45, 2.75) is 12.5 Å². The van der Waals surface area contributed by atoms with E-state index in [-0.39, 0.29) is 18.7 Å². The molecule has 1 aromatic rings. The molecule has 0 spiro atoms. The van der Waals surface area contributed by atoms with Gasteiger partial charge in [0, 0.05) is 25.1 Å². The summed E-state index contributed by atoms with van der Waals surface area (Å²) in [5, 5.41) is 8.95. The van der Waals surface area contributed by atoms with Gasteiger partial charge in [-0.15, -0.1) is 0 Å². The van der Waals surface area contributed by atoms with Crippen LogP contribution >= 0.6 is 0 Å². The van der Waals surface area contributed by atoms with E-state index in [2.05, 4.69) is 0 Å². The maximum Gasteiger partial charge on any atom is 0.323 e. The third-order valence-electron chi connectivity index (χ3n) is 3.44. The third kappa shape index (κ3) is 3.73. The van der Waals surface area contributed by atoms with Gasteiger partial charge in [0.2, 0.25) is 0 Å². The Morgan fingerprint density at radius 2 is 2.09 bits per heavy atom. The summed E-state index contributed by atoms with van der Waals surface area (Å²) in [6.45, 7) is 0.412. The first-order valence-corrected chi connectivity index (χ1v) is 6.98. The molecule has 0 fully saturated rings. The minimum atomic E-state index is -1.09. The fraction of sp³-hybridized carbons (Fsp3) is 0.467. The number of fused-ring (bicyclic) bond motifs is 1. The monoisotopic (exact) mass is 310 g/mol. The van der Waals surface area contributed by atoms with Crippen LogP contribution in [0.1, 0.15) is 5.56 Å². The number of hydrogen-bond donors (Lipinski definition) is 1. The number of rotatable bonds is 6. The van der Waals surface area contributed by atoms with Gasteiger partial charge in [-0.25, -0.2) is 4.39 Å². The number of likely N-dealkylation sites (N-methyl/N-ethyl adjacent to an activating group) is 1. The molecular formula is C15H19FN2O4. The molecule has 1 heterocycles. The predicted molar refractivity (Wildman–Crippen MR) is 77.3 cm³/mol. The molecule has 1 aliphatic rings. The summed E-state index contributed by atoms with van der Waals surface area (Å²) in [6.07, 6.45) is -0.613. The van der Waals surface area contributed by atoms with Crippen molar-refractivity contribution in [2.24, 2.45) is 0 Å². The summed E-state index contributed by atoms with van der Waals surface area (Å²) in [5.74, 6) is -1.94. The summed E-state index contributed by atoms with van der Waals surface area (Å²) in [4.78, 5) is 26.5. The van der Waals surface area contributed by atoms with Crippen LogP contribution in [0, 0.1) is 5.82 Å². The fourth-order valence-corrected chi connectivity index (χ4v) is 2.32. The number of benzene rings is 1.